The molecule has 2 aromatic heterocycles. The SMILES string of the molecule is COc1ccccc1N(C(C)=O)c1nc(COC(=O)c2cc(-c3ccccc3)n[nH]2)cs1. The van der Waals surface area contributed by atoms with Gasteiger partial charge in [-0.05, 0) is 18.2 Å². The molecule has 0 saturated carbocycles. The highest BCUT2D eigenvalue weighted by atomic mass is 32.1. The number of para-hydroxylation sites is 2. The van der Waals surface area contributed by atoms with Crippen LogP contribution in [0.5, 0.6) is 5.75 Å². The summed E-state index contributed by atoms with van der Waals surface area (Å²) >= 11 is 1.28. The largest absolute Gasteiger partial charge is 0.495 e. The van der Waals surface area contributed by atoms with Gasteiger partial charge >= 0.3 is 5.97 Å². The second-order valence-corrected chi connectivity index (χ2v) is 7.59. The minimum Gasteiger partial charge on any atom is -0.495 e. The van der Waals surface area contributed by atoms with E-state index in [0.717, 1.165) is 5.56 Å². The molecule has 4 rings (SSSR count). The van der Waals surface area contributed by atoms with Crippen LogP contribution in [0, 0.1) is 0 Å². The van der Waals surface area contributed by atoms with Gasteiger partial charge in [-0.15, -0.1) is 11.3 Å². The van der Waals surface area contributed by atoms with Crippen molar-refractivity contribution in [2.24, 2.45) is 0 Å². The summed E-state index contributed by atoms with van der Waals surface area (Å²) < 4.78 is 10.7. The van der Waals surface area contributed by atoms with Crippen LogP contribution in [0.2, 0.25) is 0 Å². The van der Waals surface area contributed by atoms with Crippen LogP contribution in [-0.2, 0) is 16.1 Å². The normalized spacial score (nSPS) is 10.6. The topological polar surface area (TPSA) is 97.4 Å². The predicted octanol–water partition coefficient (Wildman–Crippen LogP) is 4.58. The predicted molar refractivity (Wildman–Crippen MR) is 121 cm³/mol. The molecule has 2 heterocycles. The number of anilines is 2. The third kappa shape index (κ3) is 4.52. The molecule has 0 aliphatic carbocycles. The first-order valence-corrected chi connectivity index (χ1v) is 10.6. The van der Waals surface area contributed by atoms with Gasteiger partial charge in [0.05, 0.1) is 24.2 Å². The van der Waals surface area contributed by atoms with Crippen LogP contribution in [0.1, 0.15) is 23.1 Å². The molecule has 0 spiro atoms. The highest BCUT2D eigenvalue weighted by molar-refractivity contribution is 7.14. The summed E-state index contributed by atoms with van der Waals surface area (Å²) in [6.07, 6.45) is 0. The fourth-order valence-corrected chi connectivity index (χ4v) is 3.95. The van der Waals surface area contributed by atoms with Crippen molar-refractivity contribution in [1.29, 1.82) is 0 Å². The van der Waals surface area contributed by atoms with E-state index in [4.69, 9.17) is 9.47 Å². The molecule has 0 unspecified atom stereocenters. The maximum Gasteiger partial charge on any atom is 0.356 e. The fraction of sp³-hybridized carbons (Fsp3) is 0.130. The van der Waals surface area contributed by atoms with Gasteiger partial charge in [0.25, 0.3) is 0 Å². The number of aromatic amines is 1. The van der Waals surface area contributed by atoms with Crippen LogP contribution in [0.3, 0.4) is 0 Å². The zero-order valence-electron chi connectivity index (χ0n) is 17.4. The van der Waals surface area contributed by atoms with Crippen molar-refractivity contribution in [3.63, 3.8) is 0 Å². The maximum atomic E-state index is 12.4. The summed E-state index contributed by atoms with van der Waals surface area (Å²) in [6.45, 7) is 1.42. The maximum absolute atomic E-state index is 12.4. The summed E-state index contributed by atoms with van der Waals surface area (Å²) in [4.78, 5) is 30.7. The Morgan fingerprint density at radius 2 is 1.84 bits per heavy atom. The Hall–Kier alpha value is -3.98. The number of hydrogen-bond acceptors (Lipinski definition) is 7. The minimum atomic E-state index is -0.539. The monoisotopic (exact) mass is 448 g/mol. The van der Waals surface area contributed by atoms with Crippen LogP contribution in [0.15, 0.2) is 66.0 Å². The lowest BCUT2D eigenvalue weighted by atomic mass is 10.1. The van der Waals surface area contributed by atoms with Gasteiger partial charge in [0, 0.05) is 17.9 Å². The molecule has 2 aromatic carbocycles. The van der Waals surface area contributed by atoms with Crippen molar-refractivity contribution in [3.05, 3.63) is 77.4 Å². The molecule has 0 fully saturated rings. The zero-order valence-corrected chi connectivity index (χ0v) is 18.3. The number of thiazole rings is 1. The highest BCUT2D eigenvalue weighted by Crippen LogP contribution is 2.35. The molecule has 4 aromatic rings. The van der Waals surface area contributed by atoms with Crippen LogP contribution < -0.4 is 9.64 Å². The molecule has 0 atom stereocenters. The van der Waals surface area contributed by atoms with E-state index in [1.165, 1.54) is 23.2 Å². The number of carbonyl (C=O) groups excluding carboxylic acids is 2. The van der Waals surface area contributed by atoms with Crippen LogP contribution in [-0.4, -0.2) is 34.2 Å². The molecule has 0 saturated heterocycles. The molecule has 8 nitrogen and oxygen atoms in total. The number of aromatic nitrogens is 3. The second-order valence-electron chi connectivity index (χ2n) is 6.76. The van der Waals surface area contributed by atoms with E-state index in [-0.39, 0.29) is 18.2 Å². The number of benzene rings is 2. The molecule has 1 amide bonds. The zero-order chi connectivity index (χ0) is 22.5. The van der Waals surface area contributed by atoms with Crippen molar-refractivity contribution >= 4 is 34.0 Å². The number of H-pyrrole nitrogens is 1. The lowest BCUT2D eigenvalue weighted by Gasteiger charge is -2.20. The van der Waals surface area contributed by atoms with Gasteiger partial charge in [0.15, 0.2) is 5.13 Å². The Balaban J connectivity index is 1.45. The Morgan fingerprint density at radius 1 is 1.09 bits per heavy atom. The molecule has 32 heavy (non-hydrogen) atoms. The molecule has 9 heteroatoms. The standard InChI is InChI=1S/C23H20N4O4S/c1-15(28)27(20-10-6-7-11-21(20)30-2)23-24-17(14-32-23)13-31-22(29)19-12-18(25-26-19)16-8-4-3-5-9-16/h3-12,14H,13H2,1-2H3,(H,25,26). The number of carbonyl (C=O) groups is 2. The van der Waals surface area contributed by atoms with Crippen LogP contribution >= 0.6 is 11.3 Å². The number of amides is 1. The number of esters is 1. The van der Waals surface area contributed by atoms with Crippen molar-refractivity contribution in [2.45, 2.75) is 13.5 Å². The van der Waals surface area contributed by atoms with Crippen molar-refractivity contribution in [3.8, 4) is 17.0 Å². The summed E-state index contributed by atoms with van der Waals surface area (Å²) in [5, 5.41) is 9.07. The number of methoxy groups -OCH3 is 1. The molecule has 0 radical (unpaired) electrons. The number of rotatable bonds is 7. The second kappa shape index (κ2) is 9.44. The lowest BCUT2D eigenvalue weighted by molar-refractivity contribution is -0.115. The molecule has 0 bridgehead atoms. The number of ether oxygens (including phenoxy) is 2. The molecular weight excluding hydrogens is 428 g/mol. The average Bonchev–Trinajstić information content (AvgIpc) is 3.49. The van der Waals surface area contributed by atoms with Gasteiger partial charge in [-0.3, -0.25) is 14.8 Å². The van der Waals surface area contributed by atoms with Crippen molar-refractivity contribution in [2.75, 3.05) is 12.0 Å². The summed E-state index contributed by atoms with van der Waals surface area (Å²) in [6, 6.07) is 18.4. The smallest absolute Gasteiger partial charge is 0.356 e. The van der Waals surface area contributed by atoms with Gasteiger partial charge in [-0.2, -0.15) is 5.10 Å². The molecule has 162 valence electrons. The van der Waals surface area contributed by atoms with E-state index in [1.807, 2.05) is 42.5 Å². The van der Waals surface area contributed by atoms with E-state index in [1.54, 1.807) is 30.7 Å². The number of hydrogen-bond donors (Lipinski definition) is 1. The van der Waals surface area contributed by atoms with Crippen LogP contribution in [0.25, 0.3) is 11.3 Å². The molecule has 0 aliphatic rings. The first kappa shape index (κ1) is 21.3. The molecular formula is C23H20N4O4S. The van der Waals surface area contributed by atoms with Gasteiger partial charge in [-0.25, -0.2) is 9.78 Å². The van der Waals surface area contributed by atoms with E-state index in [0.29, 0.717) is 28.0 Å². The highest BCUT2D eigenvalue weighted by Gasteiger charge is 2.21. The molecule has 1 N–H and O–H groups in total. The Morgan fingerprint density at radius 3 is 2.59 bits per heavy atom. The summed E-state index contributed by atoms with van der Waals surface area (Å²) in [5.41, 5.74) is 2.92. The van der Waals surface area contributed by atoms with Crippen LogP contribution in [0.4, 0.5) is 10.8 Å². The minimum absolute atomic E-state index is 0.0350. The van der Waals surface area contributed by atoms with Gasteiger partial charge < -0.3 is 9.47 Å². The Kier molecular flexibility index (Phi) is 6.27. The van der Waals surface area contributed by atoms with Gasteiger partial charge in [0.2, 0.25) is 5.91 Å². The average molecular weight is 449 g/mol. The third-order valence-electron chi connectivity index (χ3n) is 4.59. The van der Waals surface area contributed by atoms with E-state index in [2.05, 4.69) is 15.2 Å². The number of nitrogens with zero attached hydrogens (tertiary/aromatic N) is 3. The van der Waals surface area contributed by atoms with Crippen molar-refractivity contribution in [1.82, 2.24) is 15.2 Å². The molecule has 0 aliphatic heterocycles. The van der Waals surface area contributed by atoms with Gasteiger partial charge in [-0.1, -0.05) is 42.5 Å². The number of nitrogens with one attached hydrogen (secondary N) is 1. The van der Waals surface area contributed by atoms with E-state index >= 15 is 0 Å². The first-order chi connectivity index (χ1) is 15.6. The third-order valence-corrected chi connectivity index (χ3v) is 5.46. The first-order valence-electron chi connectivity index (χ1n) is 9.73. The lowest BCUT2D eigenvalue weighted by Crippen LogP contribution is -2.23. The quantitative estimate of drug-likeness (QED) is 0.416. The Labute approximate surface area is 188 Å². The summed E-state index contributed by atoms with van der Waals surface area (Å²) in [7, 11) is 1.54. The summed E-state index contributed by atoms with van der Waals surface area (Å²) in [5.74, 6) is -0.194. The van der Waals surface area contributed by atoms with E-state index in [9.17, 15) is 9.59 Å². The van der Waals surface area contributed by atoms with E-state index < -0.39 is 5.97 Å². The fourth-order valence-electron chi connectivity index (χ4n) is 3.09. The van der Waals surface area contributed by atoms with Gasteiger partial charge in [0.1, 0.15) is 18.1 Å². The van der Waals surface area contributed by atoms with Crippen molar-refractivity contribution < 1.29 is 19.1 Å². The Bertz CT molecular complexity index is 1240.